The molecule has 1 fully saturated rings. The van der Waals surface area contributed by atoms with Gasteiger partial charge >= 0.3 is 5.97 Å². The highest BCUT2D eigenvalue weighted by molar-refractivity contribution is 5.95. The topological polar surface area (TPSA) is 117 Å². The second kappa shape index (κ2) is 10.9. The van der Waals surface area contributed by atoms with Gasteiger partial charge in [0.25, 0.3) is 11.6 Å². The Balaban J connectivity index is 1.54. The molecule has 2 aromatic rings. The Kier molecular flexibility index (Phi) is 7.75. The summed E-state index contributed by atoms with van der Waals surface area (Å²) < 4.78 is 5.29. The van der Waals surface area contributed by atoms with Gasteiger partial charge < -0.3 is 14.5 Å². The second-order valence-electron chi connectivity index (χ2n) is 7.40. The van der Waals surface area contributed by atoms with E-state index in [0.717, 1.165) is 0 Å². The van der Waals surface area contributed by atoms with Gasteiger partial charge in [0.15, 0.2) is 6.61 Å². The Hall–Kier alpha value is -3.93. The van der Waals surface area contributed by atoms with E-state index in [0.29, 0.717) is 37.3 Å². The summed E-state index contributed by atoms with van der Waals surface area (Å²) in [5.74, 6) is -1.21. The molecule has 0 radical (unpaired) electrons. The van der Waals surface area contributed by atoms with Crippen molar-refractivity contribution in [2.45, 2.75) is 19.3 Å². The normalized spacial score (nSPS) is 13.8. The van der Waals surface area contributed by atoms with Gasteiger partial charge in [-0.15, -0.1) is 0 Å². The zero-order chi connectivity index (χ0) is 22.9. The summed E-state index contributed by atoms with van der Waals surface area (Å²) in [5, 5.41) is 20.1. The molecule has 0 bridgehead atoms. The predicted molar refractivity (Wildman–Crippen MR) is 118 cm³/mol. The van der Waals surface area contributed by atoms with Gasteiger partial charge in [-0.25, -0.2) is 0 Å². The molecule has 32 heavy (non-hydrogen) atoms. The number of amides is 1. The average Bonchev–Trinajstić information content (AvgIpc) is 2.83. The van der Waals surface area contributed by atoms with Crippen molar-refractivity contribution in [3.8, 4) is 6.07 Å². The molecule has 9 nitrogen and oxygen atoms in total. The van der Waals surface area contributed by atoms with Gasteiger partial charge in [0.05, 0.1) is 23.3 Å². The number of para-hydroxylation sites is 3. The monoisotopic (exact) mass is 436 g/mol. The Labute approximate surface area is 185 Å². The van der Waals surface area contributed by atoms with Crippen LogP contribution in [0.2, 0.25) is 0 Å². The zero-order valence-electron chi connectivity index (χ0n) is 17.6. The summed E-state index contributed by atoms with van der Waals surface area (Å²) in [7, 11) is 0. The van der Waals surface area contributed by atoms with Gasteiger partial charge in [0.2, 0.25) is 0 Å². The summed E-state index contributed by atoms with van der Waals surface area (Å²) in [6.07, 6.45) is 1.13. The standard InChI is InChI=1S/C23H24N4O5/c24-13-6-14-26(19-7-2-1-3-8-19)22(28)17-32-23(29)18-11-15-25(16-12-18)20-9-4-5-10-21(20)27(30)31/h1-5,7-10,18H,6,11-12,14-17H2. The molecule has 0 aliphatic carbocycles. The minimum absolute atomic E-state index is 0.0393. The number of esters is 1. The van der Waals surface area contributed by atoms with Crippen molar-refractivity contribution < 1.29 is 19.2 Å². The molecular formula is C23H24N4O5. The van der Waals surface area contributed by atoms with E-state index in [1.165, 1.54) is 11.0 Å². The van der Waals surface area contributed by atoms with Crippen molar-refractivity contribution >= 4 is 28.9 Å². The van der Waals surface area contributed by atoms with Gasteiger partial charge in [0, 0.05) is 31.4 Å². The molecule has 9 heteroatoms. The van der Waals surface area contributed by atoms with Gasteiger partial charge in [-0.1, -0.05) is 30.3 Å². The van der Waals surface area contributed by atoms with E-state index in [1.54, 1.807) is 42.5 Å². The first-order chi connectivity index (χ1) is 15.5. The number of anilines is 2. The van der Waals surface area contributed by atoms with Crippen LogP contribution in [0.5, 0.6) is 0 Å². The molecule has 1 saturated heterocycles. The molecule has 0 unspecified atom stereocenters. The number of nitro groups is 1. The fourth-order valence-corrected chi connectivity index (χ4v) is 3.74. The molecule has 2 aromatic carbocycles. The Bertz CT molecular complexity index is 997. The summed E-state index contributed by atoms with van der Waals surface area (Å²) in [5.41, 5.74) is 1.22. The maximum atomic E-state index is 12.6. The average molecular weight is 436 g/mol. The fraction of sp³-hybridized carbons (Fsp3) is 0.348. The third-order valence-corrected chi connectivity index (χ3v) is 5.40. The van der Waals surface area contributed by atoms with E-state index in [9.17, 15) is 19.7 Å². The number of hydrogen-bond acceptors (Lipinski definition) is 7. The van der Waals surface area contributed by atoms with Crippen molar-refractivity contribution in [2.24, 2.45) is 5.92 Å². The minimum Gasteiger partial charge on any atom is -0.455 e. The molecule has 1 amide bonds. The smallest absolute Gasteiger partial charge is 0.309 e. The minimum atomic E-state index is -0.450. The van der Waals surface area contributed by atoms with E-state index in [2.05, 4.69) is 0 Å². The van der Waals surface area contributed by atoms with Crippen LogP contribution in [0.3, 0.4) is 0 Å². The molecule has 0 spiro atoms. The quantitative estimate of drug-likeness (QED) is 0.354. The maximum absolute atomic E-state index is 12.6. The molecule has 3 rings (SSSR count). The summed E-state index contributed by atoms with van der Waals surface area (Å²) in [6, 6.07) is 17.5. The third kappa shape index (κ3) is 5.60. The molecule has 0 N–H and O–H groups in total. The van der Waals surface area contributed by atoms with Crippen molar-refractivity contribution in [2.75, 3.05) is 36.0 Å². The van der Waals surface area contributed by atoms with Crippen LogP contribution in [0.4, 0.5) is 17.1 Å². The molecule has 0 saturated carbocycles. The van der Waals surface area contributed by atoms with Gasteiger partial charge in [-0.3, -0.25) is 19.7 Å². The van der Waals surface area contributed by atoms with Crippen LogP contribution >= 0.6 is 0 Å². The number of ether oxygens (including phenoxy) is 1. The molecule has 1 heterocycles. The van der Waals surface area contributed by atoms with Crippen LogP contribution in [-0.2, 0) is 14.3 Å². The number of nitrogens with zero attached hydrogens (tertiary/aromatic N) is 4. The first kappa shape index (κ1) is 22.7. The lowest BCUT2D eigenvalue weighted by Gasteiger charge is -2.32. The maximum Gasteiger partial charge on any atom is 0.309 e. The largest absolute Gasteiger partial charge is 0.455 e. The Morgan fingerprint density at radius 1 is 1.12 bits per heavy atom. The van der Waals surface area contributed by atoms with Crippen molar-refractivity contribution in [1.82, 2.24) is 0 Å². The highest BCUT2D eigenvalue weighted by Crippen LogP contribution is 2.31. The molecular weight excluding hydrogens is 412 g/mol. The molecule has 1 aliphatic heterocycles. The van der Waals surface area contributed by atoms with Gasteiger partial charge in [0.1, 0.15) is 5.69 Å². The first-order valence-electron chi connectivity index (χ1n) is 10.4. The summed E-state index contributed by atoms with van der Waals surface area (Å²) in [6.45, 7) is 0.780. The van der Waals surface area contributed by atoms with Crippen LogP contribution in [0.15, 0.2) is 54.6 Å². The predicted octanol–water partition coefficient (Wildman–Crippen LogP) is 3.30. The number of hydrogen-bond donors (Lipinski definition) is 0. The zero-order valence-corrected chi connectivity index (χ0v) is 17.6. The highest BCUT2D eigenvalue weighted by atomic mass is 16.6. The molecule has 1 aliphatic rings. The van der Waals surface area contributed by atoms with Crippen LogP contribution in [-0.4, -0.2) is 43.0 Å². The van der Waals surface area contributed by atoms with Crippen molar-refractivity contribution in [3.63, 3.8) is 0 Å². The lowest BCUT2D eigenvalue weighted by Crippen LogP contribution is -2.39. The number of nitro benzene ring substituents is 1. The molecule has 166 valence electrons. The van der Waals surface area contributed by atoms with Crippen molar-refractivity contribution in [1.29, 1.82) is 5.26 Å². The lowest BCUT2D eigenvalue weighted by atomic mass is 9.96. The number of rotatable bonds is 8. The van der Waals surface area contributed by atoms with Crippen LogP contribution in [0.25, 0.3) is 0 Å². The van der Waals surface area contributed by atoms with E-state index >= 15 is 0 Å². The highest BCUT2D eigenvalue weighted by Gasteiger charge is 2.29. The van der Waals surface area contributed by atoms with E-state index in [1.807, 2.05) is 17.0 Å². The van der Waals surface area contributed by atoms with E-state index < -0.39 is 23.4 Å². The number of carbonyl (C=O) groups is 2. The van der Waals surface area contributed by atoms with Crippen LogP contribution < -0.4 is 9.80 Å². The number of carbonyl (C=O) groups excluding carboxylic acids is 2. The SMILES string of the molecule is N#CCCN(C(=O)COC(=O)C1CCN(c2ccccc2[N+](=O)[O-])CC1)c1ccccc1. The number of benzene rings is 2. The summed E-state index contributed by atoms with van der Waals surface area (Å²) in [4.78, 5) is 39.3. The summed E-state index contributed by atoms with van der Waals surface area (Å²) >= 11 is 0. The number of piperidine rings is 1. The Morgan fingerprint density at radius 2 is 1.78 bits per heavy atom. The Morgan fingerprint density at radius 3 is 2.44 bits per heavy atom. The van der Waals surface area contributed by atoms with E-state index in [-0.39, 0.29) is 24.6 Å². The van der Waals surface area contributed by atoms with Gasteiger partial charge in [-0.2, -0.15) is 5.26 Å². The van der Waals surface area contributed by atoms with Crippen molar-refractivity contribution in [3.05, 3.63) is 64.7 Å². The number of nitriles is 1. The fourth-order valence-electron chi connectivity index (χ4n) is 3.74. The third-order valence-electron chi connectivity index (χ3n) is 5.40. The van der Waals surface area contributed by atoms with E-state index in [4.69, 9.17) is 10.00 Å². The van der Waals surface area contributed by atoms with Crippen LogP contribution in [0.1, 0.15) is 19.3 Å². The molecule has 0 atom stereocenters. The lowest BCUT2D eigenvalue weighted by molar-refractivity contribution is -0.384. The second-order valence-corrected chi connectivity index (χ2v) is 7.40. The van der Waals surface area contributed by atoms with Gasteiger partial charge in [-0.05, 0) is 31.0 Å². The van der Waals surface area contributed by atoms with Crippen LogP contribution in [0, 0.1) is 27.4 Å². The molecule has 0 aromatic heterocycles. The first-order valence-corrected chi connectivity index (χ1v) is 10.4.